The van der Waals surface area contributed by atoms with Gasteiger partial charge in [0.1, 0.15) is 5.75 Å². The second-order valence-corrected chi connectivity index (χ2v) is 4.11. The van der Waals surface area contributed by atoms with Gasteiger partial charge < -0.3 is 15.9 Å². The van der Waals surface area contributed by atoms with Gasteiger partial charge in [-0.2, -0.15) is 0 Å². The van der Waals surface area contributed by atoms with Gasteiger partial charge in [0, 0.05) is 23.5 Å². The van der Waals surface area contributed by atoms with E-state index in [1.54, 1.807) is 19.1 Å². The topological polar surface area (TPSA) is 91.7 Å². The van der Waals surface area contributed by atoms with Gasteiger partial charge in [0.05, 0.1) is 23.7 Å². The first kappa shape index (κ1) is 13.0. The predicted octanol–water partition coefficient (Wildman–Crippen LogP) is 1.92. The average molecular weight is 257 g/mol. The second kappa shape index (κ2) is 5.49. The summed E-state index contributed by atoms with van der Waals surface area (Å²) in [6, 6.07) is 7.17. The fourth-order valence-electron chi connectivity index (χ4n) is 1.66. The van der Waals surface area contributed by atoms with Crippen molar-refractivity contribution in [3.8, 4) is 5.75 Å². The number of nitrogens with zero attached hydrogens (tertiary/aromatic N) is 2. The number of para-hydroxylation sites is 2. The fourth-order valence-corrected chi connectivity index (χ4v) is 1.66. The molecule has 0 amide bonds. The zero-order valence-corrected chi connectivity index (χ0v) is 10.5. The Labute approximate surface area is 111 Å². The van der Waals surface area contributed by atoms with Crippen molar-refractivity contribution in [2.24, 2.45) is 4.99 Å². The van der Waals surface area contributed by atoms with Crippen LogP contribution in [0.25, 0.3) is 0 Å². The van der Waals surface area contributed by atoms with Crippen LogP contribution in [0, 0.1) is 6.92 Å². The van der Waals surface area contributed by atoms with Gasteiger partial charge in [-0.1, -0.05) is 12.1 Å². The Hall–Kier alpha value is -2.40. The normalized spacial score (nSPS) is 11.1. The lowest BCUT2D eigenvalue weighted by Gasteiger charge is -2.07. The van der Waals surface area contributed by atoms with E-state index < -0.39 is 0 Å². The largest absolute Gasteiger partial charge is 0.505 e. The Morgan fingerprint density at radius 1 is 1.37 bits per heavy atom. The zero-order valence-electron chi connectivity index (χ0n) is 10.5. The zero-order chi connectivity index (χ0) is 13.8. The minimum Gasteiger partial charge on any atom is -0.505 e. The Kier molecular flexibility index (Phi) is 3.77. The number of aliphatic hydroxyl groups is 1. The molecule has 2 aromatic rings. The number of hydrogen-bond acceptors (Lipinski definition) is 5. The van der Waals surface area contributed by atoms with Crippen LogP contribution in [0.3, 0.4) is 0 Å². The third-order valence-corrected chi connectivity index (χ3v) is 2.80. The molecule has 0 bridgehead atoms. The molecule has 1 aromatic carbocycles. The van der Waals surface area contributed by atoms with Crippen molar-refractivity contribution >= 4 is 17.6 Å². The summed E-state index contributed by atoms with van der Waals surface area (Å²) in [5.41, 5.74) is 8.40. The Balaban J connectivity index is 2.44. The molecule has 0 aliphatic rings. The van der Waals surface area contributed by atoms with Crippen molar-refractivity contribution in [2.75, 3.05) is 5.73 Å². The number of rotatable bonds is 3. The predicted molar refractivity (Wildman–Crippen MR) is 74.7 cm³/mol. The molecule has 4 N–H and O–H groups in total. The highest BCUT2D eigenvalue weighted by Crippen LogP contribution is 2.25. The summed E-state index contributed by atoms with van der Waals surface area (Å²) in [4.78, 5) is 8.22. The van der Waals surface area contributed by atoms with Gasteiger partial charge in [-0.25, -0.2) is 0 Å². The number of aromatic nitrogens is 1. The molecule has 2 rings (SSSR count). The Morgan fingerprint density at radius 3 is 2.79 bits per heavy atom. The number of anilines is 1. The van der Waals surface area contributed by atoms with Crippen LogP contribution in [0.4, 0.5) is 11.4 Å². The molecule has 5 heteroatoms. The summed E-state index contributed by atoms with van der Waals surface area (Å²) in [6.45, 7) is 1.47. The van der Waals surface area contributed by atoms with Crippen LogP contribution in [0.1, 0.15) is 16.8 Å². The number of aromatic hydroxyl groups is 1. The number of benzene rings is 1. The molecule has 5 nitrogen and oxygen atoms in total. The third kappa shape index (κ3) is 2.71. The van der Waals surface area contributed by atoms with Gasteiger partial charge in [0.2, 0.25) is 0 Å². The SMILES string of the molecule is Cc1ncc(CO)c(C=Nc2ccccc2N)c1O. The first-order valence-electron chi connectivity index (χ1n) is 5.80. The molecular weight excluding hydrogens is 242 g/mol. The summed E-state index contributed by atoms with van der Waals surface area (Å²) < 4.78 is 0. The van der Waals surface area contributed by atoms with Crippen LogP contribution in [0.15, 0.2) is 35.5 Å². The molecule has 0 spiro atoms. The number of nitrogen functional groups attached to an aromatic ring is 1. The third-order valence-electron chi connectivity index (χ3n) is 2.80. The van der Waals surface area contributed by atoms with E-state index in [0.29, 0.717) is 28.2 Å². The van der Waals surface area contributed by atoms with Crippen molar-refractivity contribution in [3.05, 3.63) is 47.3 Å². The molecule has 0 saturated carbocycles. The van der Waals surface area contributed by atoms with Crippen molar-refractivity contribution < 1.29 is 10.2 Å². The van der Waals surface area contributed by atoms with E-state index in [9.17, 15) is 10.2 Å². The van der Waals surface area contributed by atoms with Crippen molar-refractivity contribution in [1.29, 1.82) is 0 Å². The van der Waals surface area contributed by atoms with Crippen molar-refractivity contribution in [1.82, 2.24) is 4.98 Å². The molecule has 0 fully saturated rings. The van der Waals surface area contributed by atoms with E-state index in [2.05, 4.69) is 9.98 Å². The first-order valence-corrected chi connectivity index (χ1v) is 5.80. The summed E-state index contributed by atoms with van der Waals surface area (Å²) in [5, 5.41) is 19.2. The van der Waals surface area contributed by atoms with Gasteiger partial charge in [0.15, 0.2) is 0 Å². The number of nitrogens with two attached hydrogens (primary N) is 1. The highest BCUT2D eigenvalue weighted by Gasteiger charge is 2.09. The van der Waals surface area contributed by atoms with Gasteiger partial charge in [-0.15, -0.1) is 0 Å². The molecule has 0 aliphatic carbocycles. The lowest BCUT2D eigenvalue weighted by Crippen LogP contribution is -1.98. The maximum Gasteiger partial charge on any atom is 0.145 e. The average Bonchev–Trinajstić information content (AvgIpc) is 2.42. The van der Waals surface area contributed by atoms with Crippen LogP contribution in [-0.4, -0.2) is 21.4 Å². The van der Waals surface area contributed by atoms with Gasteiger partial charge >= 0.3 is 0 Å². The van der Waals surface area contributed by atoms with Crippen LogP contribution >= 0.6 is 0 Å². The molecule has 0 atom stereocenters. The summed E-state index contributed by atoms with van der Waals surface area (Å²) >= 11 is 0. The highest BCUT2D eigenvalue weighted by molar-refractivity contribution is 5.88. The number of hydrogen-bond donors (Lipinski definition) is 3. The Bertz CT molecular complexity index is 624. The maximum absolute atomic E-state index is 9.96. The van der Waals surface area contributed by atoms with Crippen molar-refractivity contribution in [2.45, 2.75) is 13.5 Å². The minimum atomic E-state index is -0.216. The maximum atomic E-state index is 9.96. The molecule has 0 aliphatic heterocycles. The molecule has 0 radical (unpaired) electrons. The van der Waals surface area contributed by atoms with Gasteiger partial charge in [-0.3, -0.25) is 9.98 Å². The van der Waals surface area contributed by atoms with E-state index in [1.165, 1.54) is 12.4 Å². The monoisotopic (exact) mass is 257 g/mol. The summed E-state index contributed by atoms with van der Waals surface area (Å²) in [6.07, 6.45) is 3.01. The molecule has 19 heavy (non-hydrogen) atoms. The number of aliphatic imine (C=N–C) groups is 1. The van der Waals surface area contributed by atoms with E-state index in [0.717, 1.165) is 0 Å². The lowest BCUT2D eigenvalue weighted by molar-refractivity contribution is 0.280. The molecule has 0 saturated heterocycles. The van der Waals surface area contributed by atoms with Crippen LogP contribution in [0.2, 0.25) is 0 Å². The highest BCUT2D eigenvalue weighted by atomic mass is 16.3. The quantitative estimate of drug-likeness (QED) is 0.578. The molecular formula is C14H15N3O2. The standard InChI is InChI=1S/C14H15N3O2/c1-9-14(19)11(10(8-18)6-16-9)7-17-13-5-3-2-4-12(13)15/h2-7,18-19H,8,15H2,1H3. The number of aryl methyl sites for hydroxylation is 1. The molecule has 98 valence electrons. The van der Waals surface area contributed by atoms with Crippen LogP contribution in [-0.2, 0) is 6.61 Å². The summed E-state index contributed by atoms with van der Waals surface area (Å²) in [7, 11) is 0. The fraction of sp³-hybridized carbons (Fsp3) is 0.143. The number of aliphatic hydroxyl groups excluding tert-OH is 1. The van der Waals surface area contributed by atoms with E-state index >= 15 is 0 Å². The van der Waals surface area contributed by atoms with Crippen LogP contribution < -0.4 is 5.73 Å². The molecule has 0 unspecified atom stereocenters. The minimum absolute atomic E-state index is 0.0183. The van der Waals surface area contributed by atoms with E-state index in [4.69, 9.17) is 5.73 Å². The van der Waals surface area contributed by atoms with Gasteiger partial charge in [-0.05, 0) is 19.1 Å². The van der Waals surface area contributed by atoms with E-state index in [1.807, 2.05) is 12.1 Å². The van der Waals surface area contributed by atoms with Crippen LogP contribution in [0.5, 0.6) is 5.75 Å². The lowest BCUT2D eigenvalue weighted by atomic mass is 10.1. The first-order chi connectivity index (χ1) is 9.13. The smallest absolute Gasteiger partial charge is 0.145 e. The van der Waals surface area contributed by atoms with E-state index in [-0.39, 0.29) is 12.4 Å². The second-order valence-electron chi connectivity index (χ2n) is 4.11. The summed E-state index contributed by atoms with van der Waals surface area (Å²) in [5.74, 6) is 0.0183. The Morgan fingerprint density at radius 2 is 2.11 bits per heavy atom. The number of pyridine rings is 1. The molecule has 1 aromatic heterocycles. The van der Waals surface area contributed by atoms with Crippen molar-refractivity contribution in [3.63, 3.8) is 0 Å². The molecule has 1 heterocycles. The van der Waals surface area contributed by atoms with Gasteiger partial charge in [0.25, 0.3) is 0 Å².